The summed E-state index contributed by atoms with van der Waals surface area (Å²) in [4.78, 5) is 39.9. The first kappa shape index (κ1) is 17.8. The van der Waals surface area contributed by atoms with Crippen LogP contribution in [0.2, 0.25) is 0 Å². The minimum Gasteiger partial charge on any atom is -0.486 e. The fraction of sp³-hybridized carbons (Fsp3) is 0.389. The van der Waals surface area contributed by atoms with E-state index in [0.29, 0.717) is 36.0 Å². The number of carbonyl (C=O) groups is 1. The molecule has 1 aromatic heterocycles. The molecule has 1 unspecified atom stereocenters. The molecule has 2 aromatic rings. The zero-order chi connectivity index (χ0) is 18.7. The Labute approximate surface area is 149 Å². The summed E-state index contributed by atoms with van der Waals surface area (Å²) in [5, 5.41) is 2.90. The molecule has 26 heavy (non-hydrogen) atoms. The summed E-state index contributed by atoms with van der Waals surface area (Å²) >= 11 is 0. The second-order valence-electron chi connectivity index (χ2n) is 6.20. The molecule has 0 spiro atoms. The molecule has 1 amide bonds. The monoisotopic (exact) mass is 359 g/mol. The lowest BCUT2D eigenvalue weighted by Crippen LogP contribution is -2.30. The number of benzene rings is 1. The van der Waals surface area contributed by atoms with E-state index in [0.717, 1.165) is 5.56 Å². The lowest BCUT2D eigenvalue weighted by molar-refractivity contribution is -0.121. The van der Waals surface area contributed by atoms with Crippen molar-refractivity contribution >= 4 is 5.91 Å². The van der Waals surface area contributed by atoms with Gasteiger partial charge < -0.3 is 19.8 Å². The average Bonchev–Trinajstić information content (AvgIpc) is 2.60. The highest BCUT2D eigenvalue weighted by atomic mass is 16.6. The van der Waals surface area contributed by atoms with Gasteiger partial charge in [-0.25, -0.2) is 4.79 Å². The number of fused-ring (bicyclic) bond motifs is 1. The van der Waals surface area contributed by atoms with E-state index in [9.17, 15) is 14.4 Å². The molecule has 1 aliphatic rings. The highest BCUT2D eigenvalue weighted by molar-refractivity contribution is 5.76. The number of amides is 1. The van der Waals surface area contributed by atoms with E-state index in [1.807, 2.05) is 25.1 Å². The van der Waals surface area contributed by atoms with E-state index < -0.39 is 11.2 Å². The maximum atomic E-state index is 12.2. The number of rotatable bonds is 5. The third-order valence-corrected chi connectivity index (χ3v) is 4.30. The standard InChI is InChI=1S/C18H21N3O5/c1-10(12-3-5-14-15(9-12)26-8-7-25-14)19-16(22)6-4-13-11(2)20-18(24)21-17(13)23/h3,5,9-10H,4,6-8H2,1-2H3,(H,19,22)(H2,20,21,23,24). The van der Waals surface area contributed by atoms with Crippen molar-refractivity contribution in [3.05, 3.63) is 55.9 Å². The van der Waals surface area contributed by atoms with Gasteiger partial charge in [-0.05, 0) is 38.0 Å². The highest BCUT2D eigenvalue weighted by Gasteiger charge is 2.16. The Hall–Kier alpha value is -3.03. The first-order valence-electron chi connectivity index (χ1n) is 8.45. The van der Waals surface area contributed by atoms with Crippen LogP contribution < -0.4 is 26.0 Å². The molecule has 8 heteroatoms. The first-order chi connectivity index (χ1) is 12.4. The van der Waals surface area contributed by atoms with Gasteiger partial charge in [-0.3, -0.25) is 14.6 Å². The van der Waals surface area contributed by atoms with E-state index in [4.69, 9.17) is 9.47 Å². The van der Waals surface area contributed by atoms with Gasteiger partial charge in [0.25, 0.3) is 5.56 Å². The molecule has 3 rings (SSSR count). The minimum atomic E-state index is -0.548. The molecule has 0 saturated carbocycles. The van der Waals surface area contributed by atoms with Crippen molar-refractivity contribution in [3.8, 4) is 11.5 Å². The van der Waals surface area contributed by atoms with Gasteiger partial charge in [0.2, 0.25) is 5.91 Å². The topological polar surface area (TPSA) is 113 Å². The van der Waals surface area contributed by atoms with Crippen LogP contribution in [0.3, 0.4) is 0 Å². The highest BCUT2D eigenvalue weighted by Crippen LogP contribution is 2.32. The van der Waals surface area contributed by atoms with Gasteiger partial charge in [0.15, 0.2) is 11.5 Å². The van der Waals surface area contributed by atoms with Gasteiger partial charge in [-0.15, -0.1) is 0 Å². The maximum absolute atomic E-state index is 12.2. The fourth-order valence-electron chi connectivity index (χ4n) is 2.89. The number of ether oxygens (including phenoxy) is 2. The lowest BCUT2D eigenvalue weighted by Gasteiger charge is -2.21. The molecule has 0 saturated heterocycles. The van der Waals surface area contributed by atoms with Crippen molar-refractivity contribution in [3.63, 3.8) is 0 Å². The van der Waals surface area contributed by atoms with Crippen molar-refractivity contribution in [2.45, 2.75) is 32.7 Å². The van der Waals surface area contributed by atoms with Crippen LogP contribution in [0.1, 0.15) is 36.2 Å². The van der Waals surface area contributed by atoms with E-state index in [1.165, 1.54) is 0 Å². The lowest BCUT2D eigenvalue weighted by atomic mass is 10.1. The summed E-state index contributed by atoms with van der Waals surface area (Å²) in [7, 11) is 0. The summed E-state index contributed by atoms with van der Waals surface area (Å²) in [5.41, 5.74) is 0.783. The zero-order valence-electron chi connectivity index (χ0n) is 14.7. The fourth-order valence-corrected chi connectivity index (χ4v) is 2.89. The Bertz CT molecular complexity index is 931. The second kappa shape index (κ2) is 7.47. The normalized spacial score (nSPS) is 13.9. The number of aromatic nitrogens is 2. The Morgan fingerprint density at radius 3 is 2.65 bits per heavy atom. The number of carbonyl (C=O) groups excluding carboxylic acids is 1. The van der Waals surface area contributed by atoms with Crippen LogP contribution in [0, 0.1) is 6.92 Å². The molecule has 1 aromatic carbocycles. The number of H-pyrrole nitrogens is 2. The molecule has 2 heterocycles. The van der Waals surface area contributed by atoms with Crippen LogP contribution >= 0.6 is 0 Å². The molecule has 0 aliphatic carbocycles. The second-order valence-corrected chi connectivity index (χ2v) is 6.20. The quantitative estimate of drug-likeness (QED) is 0.736. The van der Waals surface area contributed by atoms with Crippen LogP contribution in [0.15, 0.2) is 27.8 Å². The molecular weight excluding hydrogens is 338 g/mol. The summed E-state index contributed by atoms with van der Waals surface area (Å²) in [6.07, 6.45) is 0.391. The van der Waals surface area contributed by atoms with Gasteiger partial charge >= 0.3 is 5.69 Å². The molecule has 3 N–H and O–H groups in total. The number of hydrogen-bond acceptors (Lipinski definition) is 5. The predicted molar refractivity (Wildman–Crippen MR) is 94.7 cm³/mol. The van der Waals surface area contributed by atoms with E-state index in [1.54, 1.807) is 6.92 Å². The molecule has 0 radical (unpaired) electrons. The predicted octanol–water partition coefficient (Wildman–Crippen LogP) is 0.953. The average molecular weight is 359 g/mol. The van der Waals surface area contributed by atoms with Crippen molar-refractivity contribution in [1.82, 2.24) is 15.3 Å². The van der Waals surface area contributed by atoms with Crippen LogP contribution in [0.25, 0.3) is 0 Å². The third kappa shape index (κ3) is 3.96. The van der Waals surface area contributed by atoms with Crippen molar-refractivity contribution in [2.24, 2.45) is 0 Å². The van der Waals surface area contributed by atoms with Crippen molar-refractivity contribution < 1.29 is 14.3 Å². The van der Waals surface area contributed by atoms with Crippen LogP contribution in [-0.2, 0) is 11.2 Å². The van der Waals surface area contributed by atoms with Gasteiger partial charge in [-0.1, -0.05) is 6.07 Å². The molecule has 1 atom stereocenters. The van der Waals surface area contributed by atoms with Gasteiger partial charge in [0, 0.05) is 17.7 Å². The first-order valence-corrected chi connectivity index (χ1v) is 8.45. The SMILES string of the molecule is Cc1[nH]c(=O)[nH]c(=O)c1CCC(=O)NC(C)c1ccc2c(c1)OCCO2. The third-order valence-electron chi connectivity index (χ3n) is 4.30. The summed E-state index contributed by atoms with van der Waals surface area (Å²) in [5.74, 6) is 1.19. The smallest absolute Gasteiger partial charge is 0.325 e. The Morgan fingerprint density at radius 1 is 1.19 bits per heavy atom. The molecule has 138 valence electrons. The molecule has 0 fully saturated rings. The Morgan fingerprint density at radius 2 is 1.92 bits per heavy atom. The molecular formula is C18H21N3O5. The van der Waals surface area contributed by atoms with E-state index in [2.05, 4.69) is 15.3 Å². The van der Waals surface area contributed by atoms with Crippen LogP contribution in [-0.4, -0.2) is 29.1 Å². The van der Waals surface area contributed by atoms with Gasteiger partial charge in [0.05, 0.1) is 6.04 Å². The van der Waals surface area contributed by atoms with Gasteiger partial charge in [0.1, 0.15) is 13.2 Å². The Kier molecular flexibility index (Phi) is 5.11. The Balaban J connectivity index is 1.61. The number of hydrogen-bond donors (Lipinski definition) is 3. The van der Waals surface area contributed by atoms with Crippen LogP contribution in [0.4, 0.5) is 0 Å². The molecule has 0 bridgehead atoms. The summed E-state index contributed by atoms with van der Waals surface area (Å²) in [6.45, 7) is 4.55. The van der Waals surface area contributed by atoms with Crippen molar-refractivity contribution in [1.29, 1.82) is 0 Å². The van der Waals surface area contributed by atoms with E-state index >= 15 is 0 Å². The number of nitrogens with one attached hydrogen (secondary N) is 3. The number of aryl methyl sites for hydroxylation is 1. The van der Waals surface area contributed by atoms with Gasteiger partial charge in [-0.2, -0.15) is 0 Å². The van der Waals surface area contributed by atoms with Crippen molar-refractivity contribution in [2.75, 3.05) is 13.2 Å². The zero-order valence-corrected chi connectivity index (χ0v) is 14.7. The molecule has 1 aliphatic heterocycles. The minimum absolute atomic E-state index is 0.144. The summed E-state index contributed by atoms with van der Waals surface area (Å²) < 4.78 is 11.0. The summed E-state index contributed by atoms with van der Waals surface area (Å²) in [6, 6.07) is 5.36. The largest absolute Gasteiger partial charge is 0.486 e. The molecule has 8 nitrogen and oxygen atoms in total. The number of aromatic amines is 2. The maximum Gasteiger partial charge on any atom is 0.325 e. The van der Waals surface area contributed by atoms with E-state index in [-0.39, 0.29) is 24.8 Å². The van der Waals surface area contributed by atoms with Crippen LogP contribution in [0.5, 0.6) is 11.5 Å².